The highest BCUT2D eigenvalue weighted by Gasteiger charge is 2.40. The summed E-state index contributed by atoms with van der Waals surface area (Å²) in [5.74, 6) is -23.2. The molecule has 16 atom stereocenters. The zero-order valence-electron chi connectivity index (χ0n) is 74.2. The van der Waals surface area contributed by atoms with Crippen LogP contribution in [0.5, 0.6) is 11.5 Å². The summed E-state index contributed by atoms with van der Waals surface area (Å²) >= 11 is 0.841. The number of aliphatic hydroxyl groups is 4. The minimum Gasteiger partial charge on any atom is -0.508 e. The molecule has 0 aliphatic rings. The molecule has 0 bridgehead atoms. The number of pyridine rings is 1. The van der Waals surface area contributed by atoms with Crippen LogP contribution in [-0.2, 0) is 112 Å². The number of carbonyl (C=O) groups excluding carboxylic acids is 15. The van der Waals surface area contributed by atoms with Gasteiger partial charge in [0.15, 0.2) is 0 Å². The van der Waals surface area contributed by atoms with Gasteiger partial charge in [0.25, 0.3) is 5.56 Å². The monoisotopic (exact) mass is 1870 g/mol. The number of aromatic nitrogens is 1. The fourth-order valence-corrected chi connectivity index (χ4v) is 13.6. The average molecular weight is 1880 g/mol. The zero-order chi connectivity index (χ0) is 98.4. The first-order valence-electron chi connectivity index (χ1n) is 42.7. The Kier molecular flexibility index (Phi) is 48.6. The molecule has 0 saturated carbocycles. The number of phenolic OH excluding ortho intramolecular Hbond substituents is 2. The summed E-state index contributed by atoms with van der Waals surface area (Å²) in [6, 6.07) is 0.875. The fraction of sp³-hybridized carbons (Fsp3) is 0.523. The lowest BCUT2D eigenvalue weighted by Gasteiger charge is -2.30. The number of unbranched alkanes of at least 4 members (excludes halogenated alkanes) is 1. The van der Waals surface area contributed by atoms with E-state index in [1.807, 2.05) is 0 Å². The number of aryl methyl sites for hydroxylation is 1. The Labute approximate surface area is 764 Å². The maximum absolute atomic E-state index is 14.7. The third kappa shape index (κ3) is 40.9. The molecule has 1 heterocycles. The van der Waals surface area contributed by atoms with E-state index in [-0.39, 0.29) is 73.3 Å². The van der Waals surface area contributed by atoms with Crippen LogP contribution in [0.4, 0.5) is 0 Å². The number of aromatic hydroxyl groups is 2. The molecule has 726 valence electrons. The van der Waals surface area contributed by atoms with E-state index in [0.717, 1.165) is 25.6 Å². The van der Waals surface area contributed by atoms with Crippen LogP contribution in [0.1, 0.15) is 129 Å². The first-order valence-corrected chi connectivity index (χ1v) is 43.9. The molecule has 132 heavy (non-hydrogen) atoms. The number of hydrogen-bond donors (Lipinski definition) is 25. The van der Waals surface area contributed by atoms with Gasteiger partial charge in [-0.05, 0) is 125 Å². The number of benzene rings is 3. The Morgan fingerprint density at radius 2 is 0.841 bits per heavy atom. The Hall–Kier alpha value is -13.2. The standard InChI is InChI=1S/C86H123N17O28S/c1-8-47(4)72(84(129)96-59(38-53-22-27-55(109)28-23-53)79(124)93-58(36-46(2)3)78(123)94-61(39-70(116)117)77(122)90-48(5)16-12-14-32-87)101-83(128)64(43-105)98-76(121)57(29-24-51-20-25-54(108)26-21-51)92-80(125)62(40-71(118)119)95-82(127)63(42-104)99-86(131)74(50(7)107)102-81(126)60(37-52-17-10-9-11-18-52)97-85(130)73(49(6)106)100-65(110)41-89-75(120)56(30-31-69(114)115)91-67(112)45-132-44-66(111)88-33-35-103-34-15-13-19-68(103)113/h9-11,13,15,17-23,25-28,34,46-50,56-64,72-74,104-109H,8,12,14,16,24,29-33,35-45,87H2,1-7H3,(H,88,111)(H,89,120)(H,90,122)(H,91,112)(H,92,125)(H,93,124)(H,94,123)(H,95,127)(H,96,129)(H,97,130)(H,98,121)(H,99,131)(H,100,110)(H,101,128)(H,102,126)(H,114,115)(H,116,117)(H,118,119)/t47-,48+,49+,50+,56-,57-,58-,59-,60-,61-,62-,63-,64-,72-,73-,74-/m0/s1. The summed E-state index contributed by atoms with van der Waals surface area (Å²) in [6.45, 7) is 7.48. The second kappa shape index (κ2) is 57.8. The molecule has 46 heteroatoms. The molecule has 0 aliphatic carbocycles. The van der Waals surface area contributed by atoms with Crippen LogP contribution in [0.3, 0.4) is 0 Å². The molecule has 0 unspecified atom stereocenters. The second-order valence-corrected chi connectivity index (χ2v) is 32.9. The minimum absolute atomic E-state index is 0.0774. The minimum atomic E-state index is -2.21. The molecule has 0 aliphatic heterocycles. The van der Waals surface area contributed by atoms with E-state index < -0.39 is 261 Å². The maximum atomic E-state index is 14.7. The van der Waals surface area contributed by atoms with Crippen LogP contribution >= 0.6 is 11.8 Å². The van der Waals surface area contributed by atoms with Gasteiger partial charge in [0.2, 0.25) is 88.6 Å². The number of rotatable bonds is 60. The van der Waals surface area contributed by atoms with Gasteiger partial charge < -0.3 is 136 Å². The molecule has 4 rings (SSSR count). The van der Waals surface area contributed by atoms with Crippen LogP contribution in [-0.4, -0.2) is 292 Å². The molecule has 45 nitrogen and oxygen atoms in total. The van der Waals surface area contributed by atoms with Crippen LogP contribution in [0, 0.1) is 11.8 Å². The van der Waals surface area contributed by atoms with Crippen molar-refractivity contribution in [2.45, 2.75) is 229 Å². The predicted molar refractivity (Wildman–Crippen MR) is 474 cm³/mol. The fourth-order valence-electron chi connectivity index (χ4n) is 13.0. The van der Waals surface area contributed by atoms with Gasteiger partial charge in [-0.1, -0.05) is 101 Å². The Morgan fingerprint density at radius 3 is 1.36 bits per heavy atom. The van der Waals surface area contributed by atoms with Crippen molar-refractivity contribution in [2.24, 2.45) is 17.6 Å². The normalized spacial score (nSPS) is 14.7. The smallest absolute Gasteiger partial charge is 0.305 e. The number of amides is 15. The Morgan fingerprint density at radius 1 is 0.409 bits per heavy atom. The van der Waals surface area contributed by atoms with Gasteiger partial charge >= 0.3 is 17.9 Å². The number of hydrogen-bond acceptors (Lipinski definition) is 27. The van der Waals surface area contributed by atoms with Gasteiger partial charge in [-0.2, -0.15) is 0 Å². The summed E-state index contributed by atoms with van der Waals surface area (Å²) in [4.78, 5) is 257. The maximum Gasteiger partial charge on any atom is 0.305 e. The van der Waals surface area contributed by atoms with Crippen molar-refractivity contribution in [3.05, 3.63) is 130 Å². The lowest BCUT2D eigenvalue weighted by molar-refractivity contribution is -0.142. The number of carboxylic acid groups (broad SMARTS) is 3. The number of thioether (sulfide) groups is 1. The van der Waals surface area contributed by atoms with Crippen molar-refractivity contribution in [3.63, 3.8) is 0 Å². The summed E-state index contributed by atoms with van der Waals surface area (Å²) in [7, 11) is 0. The van der Waals surface area contributed by atoms with E-state index in [9.17, 15) is 137 Å². The van der Waals surface area contributed by atoms with Crippen LogP contribution in [0.15, 0.2) is 108 Å². The molecule has 1 aromatic heterocycles. The lowest BCUT2D eigenvalue weighted by Crippen LogP contribution is -2.63. The van der Waals surface area contributed by atoms with Crippen molar-refractivity contribution < 1.29 is 132 Å². The highest BCUT2D eigenvalue weighted by Crippen LogP contribution is 2.18. The van der Waals surface area contributed by atoms with Gasteiger partial charge in [-0.25, -0.2) is 0 Å². The lowest BCUT2D eigenvalue weighted by atomic mass is 9.96. The number of carboxylic acids is 3. The molecule has 15 amide bonds. The van der Waals surface area contributed by atoms with Gasteiger partial charge in [-0.3, -0.25) is 91.1 Å². The van der Waals surface area contributed by atoms with E-state index in [0.29, 0.717) is 42.5 Å². The number of aliphatic carboxylic acids is 3. The molecule has 26 N–H and O–H groups in total. The van der Waals surface area contributed by atoms with Crippen LogP contribution < -0.4 is 91.0 Å². The highest BCUT2D eigenvalue weighted by molar-refractivity contribution is 8.00. The largest absolute Gasteiger partial charge is 0.508 e. The van der Waals surface area contributed by atoms with E-state index >= 15 is 0 Å². The van der Waals surface area contributed by atoms with E-state index in [1.54, 1.807) is 58.0 Å². The van der Waals surface area contributed by atoms with Crippen molar-refractivity contribution in [1.29, 1.82) is 0 Å². The van der Waals surface area contributed by atoms with Gasteiger partial charge in [0.05, 0.1) is 56.3 Å². The highest BCUT2D eigenvalue weighted by atomic mass is 32.2. The third-order valence-electron chi connectivity index (χ3n) is 20.4. The Bertz CT molecular complexity index is 4600. The quantitative estimate of drug-likeness (QED) is 0.0183. The number of nitrogens with zero attached hydrogens (tertiary/aromatic N) is 1. The zero-order valence-corrected chi connectivity index (χ0v) is 75.0. The summed E-state index contributed by atoms with van der Waals surface area (Å²) in [6.07, 6.45) is -4.82. The number of aliphatic hydroxyl groups excluding tert-OH is 4. The molecule has 0 saturated heterocycles. The number of carbonyl (C=O) groups is 18. The number of nitrogens with two attached hydrogens (primary N) is 1. The Balaban J connectivity index is 1.53. The van der Waals surface area contributed by atoms with Gasteiger partial charge in [0, 0.05) is 50.7 Å². The topological polar surface area (TPSA) is 718 Å². The van der Waals surface area contributed by atoms with Crippen molar-refractivity contribution in [3.8, 4) is 11.5 Å². The second-order valence-electron chi connectivity index (χ2n) is 31.9. The molecule has 3 aromatic carbocycles. The predicted octanol–water partition coefficient (Wildman–Crippen LogP) is -5.55. The third-order valence-corrected chi connectivity index (χ3v) is 21.3. The molecular weight excluding hydrogens is 1750 g/mol. The van der Waals surface area contributed by atoms with E-state index in [4.69, 9.17) is 5.73 Å². The first-order chi connectivity index (χ1) is 62.4. The van der Waals surface area contributed by atoms with Gasteiger partial charge in [0.1, 0.15) is 84.0 Å². The van der Waals surface area contributed by atoms with Crippen molar-refractivity contribution in [2.75, 3.05) is 44.4 Å². The molecular formula is C86H123N17O28S. The first kappa shape index (κ1) is 111. The molecule has 0 radical (unpaired) electrons. The molecule has 0 fully saturated rings. The number of phenols is 2. The SMILES string of the molecule is CC[C@H](C)[C@H](NC(=O)[C@H](CO)NC(=O)[C@H](CCc1ccc(O)cc1)NC(=O)[C@H](CC(=O)O)NC(=O)[C@H](CO)NC(=O)[C@@H](NC(=O)[C@H](Cc1ccccc1)NC(=O)[C@@H](NC(=O)CNC(=O)[C@H](CCC(=O)O)NC(=O)CSCC(=O)NCCn1ccccc1=O)[C@@H](C)O)[C@@H](C)O)C(=O)N[C@@H](Cc1ccc(O)cc1)C(=O)N[C@@H](CC(C)C)C(=O)N[C@@H](CC(=O)O)C(=O)N[C@H](C)CCCCN. The van der Waals surface area contributed by atoms with Crippen molar-refractivity contribution >= 4 is 118 Å². The summed E-state index contributed by atoms with van der Waals surface area (Å²) in [5, 5.41) is 128. The van der Waals surface area contributed by atoms with Crippen molar-refractivity contribution in [1.82, 2.24) is 84.3 Å². The van der Waals surface area contributed by atoms with Crippen LogP contribution in [0.25, 0.3) is 0 Å². The molecule has 4 aromatic rings. The summed E-state index contributed by atoms with van der Waals surface area (Å²) < 4.78 is 1.37. The van der Waals surface area contributed by atoms with Crippen LogP contribution in [0.2, 0.25) is 0 Å². The summed E-state index contributed by atoms with van der Waals surface area (Å²) in [5.41, 5.74) is 6.46. The van der Waals surface area contributed by atoms with E-state index in [1.165, 1.54) is 84.4 Å². The average Bonchev–Trinajstić information content (AvgIpc) is 0.853. The number of nitrogens with one attached hydrogen (secondary N) is 15. The van der Waals surface area contributed by atoms with Gasteiger partial charge in [-0.15, -0.1) is 11.8 Å². The van der Waals surface area contributed by atoms with E-state index in [2.05, 4.69) is 79.8 Å². The molecule has 0 spiro atoms.